The summed E-state index contributed by atoms with van der Waals surface area (Å²) in [5.74, 6) is -0.463. The largest absolute Gasteiger partial charge is 0.326 e. The Morgan fingerprint density at radius 1 is 0.868 bits per heavy atom. The fourth-order valence-electron chi connectivity index (χ4n) is 4.71. The van der Waals surface area contributed by atoms with Crippen LogP contribution in [0.15, 0.2) is 97.1 Å². The van der Waals surface area contributed by atoms with Gasteiger partial charge in [0, 0.05) is 22.2 Å². The zero-order valence-electron chi connectivity index (χ0n) is 21.4. The molecule has 0 saturated carbocycles. The average molecular weight is 500 g/mol. The number of rotatable bonds is 8. The molecule has 1 aromatic heterocycles. The van der Waals surface area contributed by atoms with Gasteiger partial charge in [0.25, 0.3) is 0 Å². The van der Waals surface area contributed by atoms with Crippen molar-refractivity contribution < 1.29 is 9.59 Å². The Balaban J connectivity index is 1.34. The van der Waals surface area contributed by atoms with Crippen LogP contribution in [0.4, 0.5) is 5.69 Å². The van der Waals surface area contributed by atoms with E-state index < -0.39 is 0 Å². The van der Waals surface area contributed by atoms with E-state index in [9.17, 15) is 9.59 Å². The third kappa shape index (κ3) is 5.32. The molecule has 0 aliphatic carbocycles. The second-order valence-corrected chi connectivity index (χ2v) is 9.33. The minimum Gasteiger partial charge on any atom is -0.326 e. The number of aryl methyl sites for hydroxylation is 1. The van der Waals surface area contributed by atoms with Crippen molar-refractivity contribution in [3.05, 3.63) is 131 Å². The number of aromatic nitrogens is 2. The van der Waals surface area contributed by atoms with Gasteiger partial charge in [-0.1, -0.05) is 85.8 Å². The molecule has 5 heteroatoms. The molecular formula is C33H29N3O2. The summed E-state index contributed by atoms with van der Waals surface area (Å²) in [5, 5.41) is 11.4. The van der Waals surface area contributed by atoms with Crippen LogP contribution in [0.2, 0.25) is 0 Å². The molecule has 0 aliphatic rings. The molecule has 2 N–H and O–H groups in total. The SMILES string of the molecule is CCC(C(=O)Nc1cccc(C(=O)c2ccc3c(/C=C/c4ccccc4)n[nH]c3c2)c1)c1ccccc1C. The molecule has 1 amide bonds. The number of carbonyl (C=O) groups is 2. The van der Waals surface area contributed by atoms with Crippen molar-refractivity contribution in [2.75, 3.05) is 5.32 Å². The summed E-state index contributed by atoms with van der Waals surface area (Å²) in [6, 6.07) is 30.6. The summed E-state index contributed by atoms with van der Waals surface area (Å²) >= 11 is 0. The van der Waals surface area contributed by atoms with Crippen molar-refractivity contribution in [3.63, 3.8) is 0 Å². The van der Waals surface area contributed by atoms with Crippen molar-refractivity contribution in [2.24, 2.45) is 0 Å². The lowest BCUT2D eigenvalue weighted by molar-refractivity contribution is -0.117. The molecule has 1 atom stereocenters. The monoisotopic (exact) mass is 499 g/mol. The quantitative estimate of drug-likeness (QED) is 0.218. The maximum absolute atomic E-state index is 13.3. The Morgan fingerprint density at radius 2 is 1.63 bits per heavy atom. The first kappa shape index (κ1) is 24.9. The number of H-pyrrole nitrogens is 1. The third-order valence-corrected chi connectivity index (χ3v) is 6.77. The van der Waals surface area contributed by atoms with E-state index >= 15 is 0 Å². The molecule has 188 valence electrons. The number of nitrogens with zero attached hydrogens (tertiary/aromatic N) is 1. The second kappa shape index (κ2) is 11.1. The number of anilines is 1. The summed E-state index contributed by atoms with van der Waals surface area (Å²) < 4.78 is 0. The average Bonchev–Trinajstić information content (AvgIpc) is 3.36. The molecule has 1 heterocycles. The van der Waals surface area contributed by atoms with Gasteiger partial charge in [-0.2, -0.15) is 5.10 Å². The maximum atomic E-state index is 13.3. The van der Waals surface area contributed by atoms with Gasteiger partial charge >= 0.3 is 0 Å². The van der Waals surface area contributed by atoms with E-state index in [1.165, 1.54) is 0 Å². The number of aromatic amines is 1. The van der Waals surface area contributed by atoms with Crippen molar-refractivity contribution in [2.45, 2.75) is 26.2 Å². The van der Waals surface area contributed by atoms with Crippen LogP contribution in [0, 0.1) is 6.92 Å². The van der Waals surface area contributed by atoms with E-state index in [4.69, 9.17) is 0 Å². The van der Waals surface area contributed by atoms with E-state index in [1.807, 2.05) is 105 Å². The summed E-state index contributed by atoms with van der Waals surface area (Å²) in [6.45, 7) is 4.02. The van der Waals surface area contributed by atoms with Gasteiger partial charge in [-0.05, 0) is 60.4 Å². The van der Waals surface area contributed by atoms with Crippen LogP contribution < -0.4 is 5.32 Å². The summed E-state index contributed by atoms with van der Waals surface area (Å²) in [6.07, 6.45) is 4.65. The van der Waals surface area contributed by atoms with Gasteiger partial charge in [-0.25, -0.2) is 0 Å². The lowest BCUT2D eigenvalue weighted by Crippen LogP contribution is -2.21. The first-order valence-electron chi connectivity index (χ1n) is 12.8. The van der Waals surface area contributed by atoms with E-state index in [0.29, 0.717) is 23.2 Å². The Labute approximate surface area is 222 Å². The number of nitrogens with one attached hydrogen (secondary N) is 2. The molecule has 0 bridgehead atoms. The van der Waals surface area contributed by atoms with Crippen molar-refractivity contribution in [3.8, 4) is 0 Å². The number of hydrogen-bond acceptors (Lipinski definition) is 3. The first-order valence-corrected chi connectivity index (χ1v) is 12.8. The molecular weight excluding hydrogens is 470 g/mol. The zero-order chi connectivity index (χ0) is 26.5. The van der Waals surface area contributed by atoms with Crippen molar-refractivity contribution in [1.82, 2.24) is 10.2 Å². The summed E-state index contributed by atoms with van der Waals surface area (Å²) in [5.41, 5.74) is 6.46. The molecule has 5 nitrogen and oxygen atoms in total. The lowest BCUT2D eigenvalue weighted by Gasteiger charge is -2.18. The molecule has 0 spiro atoms. The van der Waals surface area contributed by atoms with Gasteiger partial charge < -0.3 is 5.32 Å². The van der Waals surface area contributed by atoms with Crippen LogP contribution in [0.25, 0.3) is 23.1 Å². The van der Waals surface area contributed by atoms with Crippen LogP contribution in [-0.2, 0) is 4.79 Å². The second-order valence-electron chi connectivity index (χ2n) is 9.33. The number of ketones is 1. The molecule has 0 radical (unpaired) electrons. The summed E-state index contributed by atoms with van der Waals surface area (Å²) in [4.78, 5) is 26.5. The van der Waals surface area contributed by atoms with Crippen LogP contribution in [0.5, 0.6) is 0 Å². The minimum absolute atomic E-state index is 0.0821. The Kier molecular flexibility index (Phi) is 7.27. The third-order valence-electron chi connectivity index (χ3n) is 6.77. The standard InChI is InChI=1S/C33H29N3O2/c1-3-27(28-15-8-7-10-22(28)2)33(38)34-26-14-9-13-24(20-26)32(37)25-17-18-29-30(35-36-31(29)21-25)19-16-23-11-5-4-6-12-23/h4-21,27H,3H2,1-2H3,(H,34,38)(H,35,36)/b19-16+. The van der Waals surface area contributed by atoms with E-state index in [0.717, 1.165) is 33.3 Å². The topological polar surface area (TPSA) is 74.8 Å². The first-order chi connectivity index (χ1) is 18.5. The highest BCUT2D eigenvalue weighted by Crippen LogP contribution is 2.26. The van der Waals surface area contributed by atoms with Crippen LogP contribution in [0.1, 0.15) is 57.6 Å². The highest BCUT2D eigenvalue weighted by molar-refractivity contribution is 6.11. The van der Waals surface area contributed by atoms with Gasteiger partial charge in [-0.3, -0.25) is 14.7 Å². The number of fused-ring (bicyclic) bond motifs is 1. The molecule has 0 aliphatic heterocycles. The molecule has 0 saturated heterocycles. The van der Waals surface area contributed by atoms with Crippen molar-refractivity contribution >= 4 is 40.4 Å². The molecule has 38 heavy (non-hydrogen) atoms. The van der Waals surface area contributed by atoms with Gasteiger partial charge in [0.2, 0.25) is 5.91 Å². The predicted molar refractivity (Wildman–Crippen MR) is 154 cm³/mol. The number of benzene rings is 4. The smallest absolute Gasteiger partial charge is 0.231 e. The van der Waals surface area contributed by atoms with Crippen LogP contribution >= 0.6 is 0 Å². The number of carbonyl (C=O) groups excluding carboxylic acids is 2. The van der Waals surface area contributed by atoms with Crippen molar-refractivity contribution in [1.29, 1.82) is 0 Å². The molecule has 5 aromatic rings. The minimum atomic E-state index is -0.261. The van der Waals surface area contributed by atoms with Gasteiger partial charge in [0.15, 0.2) is 5.78 Å². The molecule has 4 aromatic carbocycles. The Morgan fingerprint density at radius 3 is 2.42 bits per heavy atom. The van der Waals surface area contributed by atoms with Gasteiger partial charge in [0.1, 0.15) is 0 Å². The molecule has 0 fully saturated rings. The van der Waals surface area contributed by atoms with E-state index in [2.05, 4.69) is 15.5 Å². The molecule has 1 unspecified atom stereocenters. The maximum Gasteiger partial charge on any atom is 0.231 e. The zero-order valence-corrected chi connectivity index (χ0v) is 21.4. The Bertz CT molecular complexity index is 1630. The lowest BCUT2D eigenvalue weighted by atomic mass is 9.92. The fourth-order valence-corrected chi connectivity index (χ4v) is 4.71. The number of amides is 1. The van der Waals surface area contributed by atoms with E-state index in [1.54, 1.807) is 18.2 Å². The van der Waals surface area contributed by atoms with Gasteiger partial charge in [0.05, 0.1) is 17.1 Å². The van der Waals surface area contributed by atoms with Gasteiger partial charge in [-0.15, -0.1) is 0 Å². The molecule has 5 rings (SSSR count). The van der Waals surface area contributed by atoms with Crippen LogP contribution in [-0.4, -0.2) is 21.9 Å². The highest BCUT2D eigenvalue weighted by atomic mass is 16.2. The summed E-state index contributed by atoms with van der Waals surface area (Å²) in [7, 11) is 0. The fraction of sp³-hybridized carbons (Fsp3) is 0.121. The Hall–Kier alpha value is -4.77. The van der Waals surface area contributed by atoms with Crippen LogP contribution in [0.3, 0.4) is 0 Å². The highest BCUT2D eigenvalue weighted by Gasteiger charge is 2.21. The number of hydrogen-bond donors (Lipinski definition) is 2. The predicted octanol–water partition coefficient (Wildman–Crippen LogP) is 7.41. The van der Waals surface area contributed by atoms with E-state index in [-0.39, 0.29) is 17.6 Å². The normalized spacial score (nSPS) is 12.1.